The highest BCUT2D eigenvalue weighted by atomic mass is 28.4. The molecule has 0 N–H and O–H groups in total. The molecule has 2 heteroatoms. The Balaban J connectivity index is 2.75. The first-order chi connectivity index (χ1) is 7.16. The fourth-order valence-electron chi connectivity index (χ4n) is 3.10. The summed E-state index contributed by atoms with van der Waals surface area (Å²) >= 11 is 0. The van der Waals surface area contributed by atoms with Crippen LogP contribution in [0.2, 0.25) is 18.1 Å². The minimum absolute atomic E-state index is 0.269. The van der Waals surface area contributed by atoms with Crippen molar-refractivity contribution in [2.75, 3.05) is 0 Å². The minimum atomic E-state index is -1.32. The lowest BCUT2D eigenvalue weighted by Gasteiger charge is -2.47. The van der Waals surface area contributed by atoms with Crippen molar-refractivity contribution in [3.8, 4) is 0 Å². The van der Waals surface area contributed by atoms with Crippen molar-refractivity contribution >= 4 is 8.32 Å². The molecule has 1 rings (SSSR count). The van der Waals surface area contributed by atoms with Crippen LogP contribution in [-0.2, 0) is 4.43 Å². The maximum absolute atomic E-state index is 6.69. The lowest BCUT2D eigenvalue weighted by atomic mass is 9.90. The summed E-state index contributed by atoms with van der Waals surface area (Å²) in [6.07, 6.45) is 6.49. The van der Waals surface area contributed by atoms with E-state index in [1.165, 1.54) is 50.2 Å². The molecule has 0 saturated carbocycles. The van der Waals surface area contributed by atoms with Crippen molar-refractivity contribution in [2.24, 2.45) is 0 Å². The molecule has 1 nitrogen and oxygen atoms in total. The zero-order valence-corrected chi connectivity index (χ0v) is 12.1. The lowest BCUT2D eigenvalue weighted by molar-refractivity contribution is 0.0183. The van der Waals surface area contributed by atoms with Crippen molar-refractivity contribution in [3.05, 3.63) is 0 Å². The predicted octanol–water partition coefficient (Wildman–Crippen LogP) is 4.73. The van der Waals surface area contributed by atoms with Crippen LogP contribution in [-0.4, -0.2) is 13.9 Å². The maximum Gasteiger partial charge on any atom is 0.193 e. The van der Waals surface area contributed by atoms with Gasteiger partial charge in [-0.3, -0.25) is 0 Å². The van der Waals surface area contributed by atoms with Gasteiger partial charge in [-0.05, 0) is 37.4 Å². The number of hydrogen-bond acceptors (Lipinski definition) is 1. The highest BCUT2D eigenvalue weighted by molar-refractivity contribution is 6.73. The third kappa shape index (κ3) is 2.85. The maximum atomic E-state index is 6.69. The molecule has 0 amide bonds. The largest absolute Gasteiger partial charge is 0.411 e. The summed E-state index contributed by atoms with van der Waals surface area (Å²) in [6, 6.07) is 4.04. The summed E-state index contributed by atoms with van der Waals surface area (Å²) in [4.78, 5) is 0. The summed E-state index contributed by atoms with van der Waals surface area (Å²) in [7, 11) is -1.32. The van der Waals surface area contributed by atoms with Gasteiger partial charge < -0.3 is 4.43 Å². The zero-order valence-electron chi connectivity index (χ0n) is 11.1. The van der Waals surface area contributed by atoms with Gasteiger partial charge in [0.15, 0.2) is 8.32 Å². The standard InChI is InChI=1S/C13H28OSi/c1-5-10-13(6-2)11-9-12-15(7-3,8-4)14-13/h5-12H2,1-4H3. The van der Waals surface area contributed by atoms with Gasteiger partial charge in [0.2, 0.25) is 0 Å². The van der Waals surface area contributed by atoms with E-state index in [1.54, 1.807) is 0 Å². The quantitative estimate of drug-likeness (QED) is 0.618. The summed E-state index contributed by atoms with van der Waals surface area (Å²) in [5.74, 6) is 0. The second-order valence-corrected chi connectivity index (χ2v) is 9.62. The molecule has 0 aromatic heterocycles. The molecule has 1 saturated heterocycles. The second-order valence-electron chi connectivity index (χ2n) is 5.13. The van der Waals surface area contributed by atoms with Crippen LogP contribution in [0.3, 0.4) is 0 Å². The molecule has 0 aromatic carbocycles. The van der Waals surface area contributed by atoms with Crippen molar-refractivity contribution in [1.82, 2.24) is 0 Å². The second kappa shape index (κ2) is 5.49. The normalized spacial score (nSPS) is 30.4. The Bertz CT molecular complexity index is 185. The Morgan fingerprint density at radius 2 is 1.80 bits per heavy atom. The van der Waals surface area contributed by atoms with Crippen LogP contribution in [0.1, 0.15) is 59.8 Å². The molecule has 1 aliphatic rings. The van der Waals surface area contributed by atoms with Crippen molar-refractivity contribution in [3.63, 3.8) is 0 Å². The van der Waals surface area contributed by atoms with Crippen LogP contribution in [0.5, 0.6) is 0 Å². The van der Waals surface area contributed by atoms with Gasteiger partial charge in [0.1, 0.15) is 0 Å². The Labute approximate surface area is 96.7 Å². The topological polar surface area (TPSA) is 9.23 Å². The van der Waals surface area contributed by atoms with E-state index in [2.05, 4.69) is 27.7 Å². The first-order valence-corrected chi connectivity index (χ1v) is 9.39. The summed E-state index contributed by atoms with van der Waals surface area (Å²) in [6.45, 7) is 9.28. The van der Waals surface area contributed by atoms with E-state index in [0.29, 0.717) is 0 Å². The Morgan fingerprint density at radius 1 is 1.13 bits per heavy atom. The number of rotatable bonds is 5. The molecule has 0 aliphatic carbocycles. The van der Waals surface area contributed by atoms with Gasteiger partial charge in [-0.2, -0.15) is 0 Å². The third-order valence-electron chi connectivity index (χ3n) is 4.34. The van der Waals surface area contributed by atoms with Crippen LogP contribution in [0, 0.1) is 0 Å². The van der Waals surface area contributed by atoms with E-state index in [0.717, 1.165) is 0 Å². The average Bonchev–Trinajstić information content (AvgIpc) is 2.29. The predicted molar refractivity (Wildman–Crippen MR) is 69.8 cm³/mol. The summed E-state index contributed by atoms with van der Waals surface area (Å²) in [5.41, 5.74) is 0.269. The van der Waals surface area contributed by atoms with Crippen LogP contribution in [0.4, 0.5) is 0 Å². The molecule has 1 heterocycles. The molecule has 15 heavy (non-hydrogen) atoms. The molecule has 90 valence electrons. The van der Waals surface area contributed by atoms with Crippen LogP contribution >= 0.6 is 0 Å². The van der Waals surface area contributed by atoms with E-state index in [1.807, 2.05) is 0 Å². The third-order valence-corrected chi connectivity index (χ3v) is 9.04. The van der Waals surface area contributed by atoms with Crippen molar-refractivity contribution in [1.29, 1.82) is 0 Å². The smallest absolute Gasteiger partial charge is 0.193 e. The lowest BCUT2D eigenvalue weighted by Crippen LogP contribution is -2.51. The first-order valence-electron chi connectivity index (χ1n) is 6.86. The summed E-state index contributed by atoms with van der Waals surface area (Å²) in [5, 5.41) is 0. The molecule has 0 radical (unpaired) electrons. The molecular weight excluding hydrogens is 200 g/mol. The first kappa shape index (κ1) is 13.2. The van der Waals surface area contributed by atoms with E-state index in [9.17, 15) is 0 Å². The van der Waals surface area contributed by atoms with E-state index in [4.69, 9.17) is 4.43 Å². The van der Waals surface area contributed by atoms with E-state index < -0.39 is 8.32 Å². The van der Waals surface area contributed by atoms with Crippen LogP contribution < -0.4 is 0 Å². The minimum Gasteiger partial charge on any atom is -0.411 e. The zero-order chi connectivity index (χ0) is 11.4. The van der Waals surface area contributed by atoms with Crippen LogP contribution in [0.25, 0.3) is 0 Å². The molecule has 1 unspecified atom stereocenters. The Hall–Kier alpha value is 0.177. The van der Waals surface area contributed by atoms with E-state index in [-0.39, 0.29) is 5.60 Å². The summed E-state index contributed by atoms with van der Waals surface area (Å²) < 4.78 is 6.69. The Kier molecular flexibility index (Phi) is 4.85. The number of hydrogen-bond donors (Lipinski definition) is 0. The van der Waals surface area contributed by atoms with Gasteiger partial charge in [-0.15, -0.1) is 0 Å². The molecule has 0 aromatic rings. The van der Waals surface area contributed by atoms with Gasteiger partial charge in [-0.1, -0.05) is 40.5 Å². The monoisotopic (exact) mass is 228 g/mol. The molecular formula is C13H28OSi. The van der Waals surface area contributed by atoms with Gasteiger partial charge in [0.05, 0.1) is 5.60 Å². The molecule has 0 spiro atoms. The Morgan fingerprint density at radius 3 is 2.27 bits per heavy atom. The SMILES string of the molecule is CCCC1(CC)CCC[Si](CC)(CC)O1. The van der Waals surface area contributed by atoms with Gasteiger partial charge in [0, 0.05) is 0 Å². The van der Waals surface area contributed by atoms with Crippen LogP contribution in [0.15, 0.2) is 0 Å². The molecule has 1 aliphatic heterocycles. The highest BCUT2D eigenvalue weighted by Gasteiger charge is 2.43. The van der Waals surface area contributed by atoms with E-state index >= 15 is 0 Å². The average molecular weight is 228 g/mol. The van der Waals surface area contributed by atoms with Gasteiger partial charge in [-0.25, -0.2) is 0 Å². The van der Waals surface area contributed by atoms with Gasteiger partial charge >= 0.3 is 0 Å². The fourth-order valence-corrected chi connectivity index (χ4v) is 6.79. The fraction of sp³-hybridized carbons (Fsp3) is 1.00. The molecule has 0 bridgehead atoms. The van der Waals surface area contributed by atoms with Crippen molar-refractivity contribution in [2.45, 2.75) is 83.5 Å². The van der Waals surface area contributed by atoms with Crippen molar-refractivity contribution < 1.29 is 4.43 Å². The molecule has 1 fully saturated rings. The highest BCUT2D eigenvalue weighted by Crippen LogP contribution is 2.41. The molecule has 1 atom stereocenters. The van der Waals surface area contributed by atoms with Gasteiger partial charge in [0.25, 0.3) is 0 Å².